The Morgan fingerprint density at radius 3 is 2.40 bits per heavy atom. The lowest BCUT2D eigenvalue weighted by Crippen LogP contribution is -2.36. The van der Waals surface area contributed by atoms with Crippen LogP contribution in [0.1, 0.15) is 55.0 Å². The van der Waals surface area contributed by atoms with Gasteiger partial charge < -0.3 is 14.2 Å². The van der Waals surface area contributed by atoms with Crippen LogP contribution >= 0.6 is 0 Å². The van der Waals surface area contributed by atoms with Gasteiger partial charge in [0.15, 0.2) is 0 Å². The number of aromatic nitrogens is 1. The molecular formula is C37H36N2O4. The fourth-order valence-corrected chi connectivity index (χ4v) is 5.33. The molecule has 218 valence electrons. The van der Waals surface area contributed by atoms with Crippen molar-refractivity contribution >= 4 is 22.7 Å². The fourth-order valence-electron chi connectivity index (χ4n) is 5.33. The summed E-state index contributed by atoms with van der Waals surface area (Å²) in [6.45, 7) is 9.03. The topological polar surface area (TPSA) is 60.9 Å². The molecule has 1 aliphatic heterocycles. The smallest absolute Gasteiger partial charge is 0.415 e. The van der Waals surface area contributed by atoms with Crippen LogP contribution in [-0.2, 0) is 34.0 Å². The molecule has 0 aliphatic carbocycles. The van der Waals surface area contributed by atoms with Gasteiger partial charge in [-0.3, -0.25) is 4.90 Å². The highest BCUT2D eigenvalue weighted by Gasteiger charge is 2.27. The Balaban J connectivity index is 1.19. The Morgan fingerprint density at radius 2 is 1.63 bits per heavy atom. The largest absolute Gasteiger partial charge is 0.443 e. The predicted molar refractivity (Wildman–Crippen MR) is 170 cm³/mol. The van der Waals surface area contributed by atoms with E-state index in [9.17, 15) is 4.79 Å². The summed E-state index contributed by atoms with van der Waals surface area (Å²) in [5.74, 6) is 0. The van der Waals surface area contributed by atoms with Crippen molar-refractivity contribution in [3.63, 3.8) is 0 Å². The van der Waals surface area contributed by atoms with Crippen LogP contribution in [0.2, 0.25) is 0 Å². The van der Waals surface area contributed by atoms with Crippen molar-refractivity contribution in [3.8, 4) is 11.1 Å². The Labute approximate surface area is 252 Å². The minimum absolute atomic E-state index is 0.378. The molecule has 43 heavy (non-hydrogen) atoms. The van der Waals surface area contributed by atoms with Crippen LogP contribution in [-0.4, -0.2) is 16.7 Å². The van der Waals surface area contributed by atoms with Gasteiger partial charge in [0, 0.05) is 16.6 Å². The second kappa shape index (κ2) is 12.0. The maximum Gasteiger partial charge on any atom is 0.415 e. The standard InChI is InChI=1S/C37H36N2O4/c1-25-18-27(23-41-35-34-31(24-42-35)21-29-12-8-9-13-33(29)38-34)20-30(19-25)28-14-16-32(17-15-28)39(36(40)43-37(2,3)4)22-26-10-6-5-7-11-26/h5-21,35H,22-24H2,1-4H3. The maximum absolute atomic E-state index is 13.2. The molecule has 1 unspecified atom stereocenters. The van der Waals surface area contributed by atoms with Crippen LogP contribution in [0.15, 0.2) is 103 Å². The minimum atomic E-state index is -0.596. The summed E-state index contributed by atoms with van der Waals surface area (Å²) in [5.41, 5.74) is 8.38. The fraction of sp³-hybridized carbons (Fsp3) is 0.243. The lowest BCUT2D eigenvalue weighted by molar-refractivity contribution is -0.147. The summed E-state index contributed by atoms with van der Waals surface area (Å²) in [4.78, 5) is 19.7. The zero-order valence-electron chi connectivity index (χ0n) is 25.0. The van der Waals surface area contributed by atoms with Gasteiger partial charge in [0.05, 0.1) is 25.3 Å². The number of hydrogen-bond donors (Lipinski definition) is 0. The van der Waals surface area contributed by atoms with E-state index in [2.05, 4.69) is 37.3 Å². The first-order valence-electron chi connectivity index (χ1n) is 14.6. The number of benzene rings is 4. The monoisotopic (exact) mass is 572 g/mol. The van der Waals surface area contributed by atoms with Crippen molar-refractivity contribution in [2.75, 3.05) is 4.90 Å². The summed E-state index contributed by atoms with van der Waals surface area (Å²) in [6, 6.07) is 34.6. The molecule has 6 nitrogen and oxygen atoms in total. The molecule has 0 bridgehead atoms. The number of nitrogens with zero attached hydrogens (tertiary/aromatic N) is 2. The highest BCUT2D eigenvalue weighted by Crippen LogP contribution is 2.34. The molecule has 1 aliphatic rings. The van der Waals surface area contributed by atoms with Gasteiger partial charge >= 0.3 is 6.09 Å². The maximum atomic E-state index is 13.2. The predicted octanol–water partition coefficient (Wildman–Crippen LogP) is 8.90. The van der Waals surface area contributed by atoms with Crippen LogP contribution in [0, 0.1) is 6.92 Å². The SMILES string of the molecule is Cc1cc(COC2OCc3cc4ccccc4nc32)cc(-c2ccc(N(Cc3ccccc3)C(=O)OC(C)(C)C)cc2)c1. The number of hydrogen-bond acceptors (Lipinski definition) is 5. The van der Waals surface area contributed by atoms with Gasteiger partial charge in [0.25, 0.3) is 0 Å². The summed E-state index contributed by atoms with van der Waals surface area (Å²) in [6.07, 6.45) is -0.872. The highest BCUT2D eigenvalue weighted by molar-refractivity contribution is 5.88. The Kier molecular flexibility index (Phi) is 7.98. The van der Waals surface area contributed by atoms with Crippen molar-refractivity contribution in [1.29, 1.82) is 0 Å². The van der Waals surface area contributed by atoms with Gasteiger partial charge in [-0.15, -0.1) is 0 Å². The van der Waals surface area contributed by atoms with Crippen molar-refractivity contribution in [2.45, 2.75) is 59.3 Å². The van der Waals surface area contributed by atoms with Crippen molar-refractivity contribution in [2.24, 2.45) is 0 Å². The van der Waals surface area contributed by atoms with E-state index in [1.54, 1.807) is 4.90 Å². The van der Waals surface area contributed by atoms with Crippen LogP contribution in [0.5, 0.6) is 0 Å². The Hall–Kier alpha value is -4.52. The van der Waals surface area contributed by atoms with E-state index < -0.39 is 11.9 Å². The summed E-state index contributed by atoms with van der Waals surface area (Å²) in [7, 11) is 0. The molecule has 6 heteroatoms. The van der Waals surface area contributed by atoms with E-state index in [-0.39, 0.29) is 6.09 Å². The molecule has 0 saturated heterocycles. The zero-order chi connectivity index (χ0) is 30.0. The molecule has 1 aromatic heterocycles. The van der Waals surface area contributed by atoms with Crippen molar-refractivity contribution in [1.82, 2.24) is 4.98 Å². The summed E-state index contributed by atoms with van der Waals surface area (Å²) in [5, 5.41) is 1.11. The first kappa shape index (κ1) is 28.6. The normalized spacial score (nSPS) is 14.5. The third kappa shape index (κ3) is 6.77. The Bertz CT molecular complexity index is 1740. The van der Waals surface area contributed by atoms with Crippen molar-refractivity contribution in [3.05, 3.63) is 131 Å². The van der Waals surface area contributed by atoms with E-state index in [1.165, 1.54) is 0 Å². The molecule has 1 amide bonds. The number of rotatable bonds is 7. The van der Waals surface area contributed by atoms with Gasteiger partial charge in [-0.25, -0.2) is 9.78 Å². The summed E-state index contributed by atoms with van der Waals surface area (Å²) < 4.78 is 17.9. The first-order valence-corrected chi connectivity index (χ1v) is 14.6. The lowest BCUT2D eigenvalue weighted by Gasteiger charge is -2.27. The summed E-state index contributed by atoms with van der Waals surface area (Å²) >= 11 is 0. The molecule has 1 atom stereocenters. The number of amides is 1. The Morgan fingerprint density at radius 1 is 0.884 bits per heavy atom. The van der Waals surface area contributed by atoms with Gasteiger partial charge in [-0.1, -0.05) is 78.4 Å². The molecule has 6 rings (SSSR count). The second-order valence-electron chi connectivity index (χ2n) is 12.0. The number of anilines is 1. The molecule has 5 aromatic rings. The molecule has 0 N–H and O–H groups in total. The number of pyridine rings is 1. The van der Waals surface area contributed by atoms with E-state index >= 15 is 0 Å². The molecule has 2 heterocycles. The molecule has 0 saturated carbocycles. The van der Waals surface area contributed by atoms with Crippen LogP contribution in [0.25, 0.3) is 22.0 Å². The minimum Gasteiger partial charge on any atom is -0.443 e. The average Bonchev–Trinajstić information content (AvgIpc) is 3.38. The number of carbonyl (C=O) groups excluding carboxylic acids is 1. The van der Waals surface area contributed by atoms with E-state index in [0.29, 0.717) is 19.8 Å². The number of para-hydroxylation sites is 1. The molecule has 0 spiro atoms. The van der Waals surface area contributed by atoms with Gasteiger partial charge in [-0.05, 0) is 80.3 Å². The van der Waals surface area contributed by atoms with E-state index in [0.717, 1.165) is 55.7 Å². The van der Waals surface area contributed by atoms with Crippen molar-refractivity contribution < 1.29 is 19.0 Å². The third-order valence-corrected chi connectivity index (χ3v) is 7.30. The van der Waals surface area contributed by atoms with E-state index in [4.69, 9.17) is 19.2 Å². The average molecular weight is 573 g/mol. The number of carbonyl (C=O) groups is 1. The molecular weight excluding hydrogens is 536 g/mol. The highest BCUT2D eigenvalue weighted by atomic mass is 16.7. The van der Waals surface area contributed by atoms with E-state index in [1.807, 2.05) is 93.6 Å². The first-order chi connectivity index (χ1) is 20.7. The number of fused-ring (bicyclic) bond motifs is 2. The zero-order valence-corrected chi connectivity index (χ0v) is 25.0. The van der Waals surface area contributed by atoms with Crippen LogP contribution < -0.4 is 4.90 Å². The second-order valence-corrected chi connectivity index (χ2v) is 12.0. The van der Waals surface area contributed by atoms with Gasteiger partial charge in [0.2, 0.25) is 6.29 Å². The van der Waals surface area contributed by atoms with Crippen LogP contribution in [0.4, 0.5) is 10.5 Å². The number of ether oxygens (including phenoxy) is 3. The van der Waals surface area contributed by atoms with Crippen LogP contribution in [0.3, 0.4) is 0 Å². The van der Waals surface area contributed by atoms with Gasteiger partial charge in [0.1, 0.15) is 11.3 Å². The molecule has 0 radical (unpaired) electrons. The lowest BCUT2D eigenvalue weighted by atomic mass is 10.00. The number of aryl methyl sites for hydroxylation is 1. The molecule has 0 fully saturated rings. The molecule has 4 aromatic carbocycles. The third-order valence-electron chi connectivity index (χ3n) is 7.30. The quantitative estimate of drug-likeness (QED) is 0.195. The van der Waals surface area contributed by atoms with Gasteiger partial charge in [-0.2, -0.15) is 0 Å².